The first-order chi connectivity index (χ1) is 11.7. The lowest BCUT2D eigenvalue weighted by atomic mass is 10.1. The summed E-state index contributed by atoms with van der Waals surface area (Å²) in [5.74, 6) is 0. The smallest absolute Gasteiger partial charge is 0.0529 e. The third-order valence-corrected chi connectivity index (χ3v) is 7.02. The Kier molecular flexibility index (Phi) is 4.77. The highest BCUT2D eigenvalue weighted by Crippen LogP contribution is 2.45. The molecule has 1 saturated heterocycles. The van der Waals surface area contributed by atoms with E-state index in [1.165, 1.54) is 39.8 Å². The summed E-state index contributed by atoms with van der Waals surface area (Å²) in [5.41, 5.74) is 3.85. The van der Waals surface area contributed by atoms with Crippen molar-refractivity contribution in [2.75, 3.05) is 38.5 Å². The second-order valence-corrected chi connectivity index (χ2v) is 8.98. The van der Waals surface area contributed by atoms with Gasteiger partial charge in [0.05, 0.1) is 11.4 Å². The van der Waals surface area contributed by atoms with Crippen LogP contribution in [0.2, 0.25) is 0 Å². The van der Waals surface area contributed by atoms with Crippen molar-refractivity contribution >= 4 is 35.1 Å². The maximum atomic E-state index is 3.59. The van der Waals surface area contributed by atoms with Crippen molar-refractivity contribution in [1.82, 2.24) is 9.21 Å². The van der Waals surface area contributed by atoms with Gasteiger partial charge >= 0.3 is 0 Å². The molecule has 3 nitrogen and oxygen atoms in total. The molecule has 0 aliphatic carbocycles. The van der Waals surface area contributed by atoms with Crippen molar-refractivity contribution in [3.63, 3.8) is 0 Å². The Bertz CT molecular complexity index is 726. The van der Waals surface area contributed by atoms with Gasteiger partial charge in [-0.3, -0.25) is 0 Å². The van der Waals surface area contributed by atoms with Crippen molar-refractivity contribution < 1.29 is 0 Å². The zero-order chi connectivity index (χ0) is 16.5. The lowest BCUT2D eigenvalue weighted by molar-refractivity contribution is 0.233. The molecule has 2 aliphatic heterocycles. The van der Waals surface area contributed by atoms with E-state index in [0.717, 1.165) is 13.1 Å². The van der Waals surface area contributed by atoms with Crippen LogP contribution in [0.3, 0.4) is 0 Å². The normalized spacial score (nSPS) is 19.2. The first-order valence-electron chi connectivity index (χ1n) is 8.47. The monoisotopic (exact) mass is 357 g/mol. The average molecular weight is 358 g/mol. The number of hydrogen-bond acceptors (Lipinski definition) is 5. The predicted octanol–water partition coefficient (Wildman–Crippen LogP) is 4.85. The van der Waals surface area contributed by atoms with Crippen molar-refractivity contribution in [3.8, 4) is 0 Å². The van der Waals surface area contributed by atoms with Gasteiger partial charge in [-0.15, -0.1) is 0 Å². The minimum Gasteiger partial charge on any atom is -0.354 e. The van der Waals surface area contributed by atoms with Gasteiger partial charge in [-0.1, -0.05) is 41.9 Å². The maximum Gasteiger partial charge on any atom is 0.0529 e. The minimum atomic E-state index is 0.475. The summed E-state index contributed by atoms with van der Waals surface area (Å²) < 4.78 is 2.52. The van der Waals surface area contributed by atoms with E-state index in [4.69, 9.17) is 0 Å². The first kappa shape index (κ1) is 16.3. The Hall–Kier alpha value is -1.14. The zero-order valence-corrected chi connectivity index (χ0v) is 15.8. The minimum absolute atomic E-state index is 0.475. The molecule has 0 spiro atoms. The summed E-state index contributed by atoms with van der Waals surface area (Å²) in [6.45, 7) is 6.95. The van der Waals surface area contributed by atoms with Crippen LogP contribution in [0.15, 0.2) is 52.3 Å². The van der Waals surface area contributed by atoms with Crippen molar-refractivity contribution in [2.24, 2.45) is 0 Å². The van der Waals surface area contributed by atoms with Crippen LogP contribution in [-0.2, 0) is 0 Å². The summed E-state index contributed by atoms with van der Waals surface area (Å²) in [7, 11) is 2.20. The van der Waals surface area contributed by atoms with Gasteiger partial charge in [0.2, 0.25) is 0 Å². The zero-order valence-electron chi connectivity index (χ0n) is 14.2. The van der Waals surface area contributed by atoms with E-state index in [-0.39, 0.29) is 0 Å². The summed E-state index contributed by atoms with van der Waals surface area (Å²) in [6.07, 6.45) is 0. The predicted molar refractivity (Wildman–Crippen MR) is 105 cm³/mol. The third kappa shape index (κ3) is 3.45. The summed E-state index contributed by atoms with van der Waals surface area (Å²) >= 11 is 3.84. The second kappa shape index (κ2) is 7.00. The molecule has 1 N–H and O–H groups in total. The molecule has 0 bridgehead atoms. The molecule has 0 amide bonds. The van der Waals surface area contributed by atoms with Gasteiger partial charge in [0.25, 0.3) is 0 Å². The van der Waals surface area contributed by atoms with Gasteiger partial charge < -0.3 is 10.2 Å². The van der Waals surface area contributed by atoms with E-state index in [1.54, 1.807) is 0 Å². The summed E-state index contributed by atoms with van der Waals surface area (Å²) in [6, 6.07) is 15.4. The lowest BCUT2D eigenvalue weighted by Gasteiger charge is -2.33. The Labute approximate surface area is 152 Å². The highest BCUT2D eigenvalue weighted by atomic mass is 32.2. The van der Waals surface area contributed by atoms with Crippen LogP contribution in [0.5, 0.6) is 0 Å². The fraction of sp³-hybridized carbons (Fsp3) is 0.368. The first-order valence-corrected chi connectivity index (χ1v) is 10.1. The van der Waals surface area contributed by atoms with Crippen molar-refractivity contribution in [3.05, 3.63) is 48.0 Å². The van der Waals surface area contributed by atoms with Crippen LogP contribution in [0.25, 0.3) is 0 Å². The molecule has 2 heterocycles. The van der Waals surface area contributed by atoms with E-state index >= 15 is 0 Å². The molecular formula is C19H23N3S2. The van der Waals surface area contributed by atoms with Gasteiger partial charge in [0.1, 0.15) is 0 Å². The fourth-order valence-electron chi connectivity index (χ4n) is 3.09. The van der Waals surface area contributed by atoms with Gasteiger partial charge in [-0.05, 0) is 43.8 Å². The molecule has 0 radical (unpaired) electrons. The SMILES string of the molecule is CC(SN1CCN(C)CC1)c1ccc2c(c1)Nc1ccccc1S2. The summed E-state index contributed by atoms with van der Waals surface area (Å²) in [4.78, 5) is 5.02. The van der Waals surface area contributed by atoms with Gasteiger partial charge in [-0.2, -0.15) is 0 Å². The highest BCUT2D eigenvalue weighted by Gasteiger charge is 2.20. The number of rotatable bonds is 3. The van der Waals surface area contributed by atoms with Crippen LogP contribution in [0.4, 0.5) is 11.4 Å². The molecule has 5 heteroatoms. The molecule has 1 atom stereocenters. The lowest BCUT2D eigenvalue weighted by Crippen LogP contribution is -2.41. The van der Waals surface area contributed by atoms with E-state index in [9.17, 15) is 0 Å². The Balaban J connectivity index is 1.47. The number of hydrogen-bond donors (Lipinski definition) is 1. The quantitative estimate of drug-likeness (QED) is 0.673. The number of benzene rings is 2. The molecule has 4 rings (SSSR count). The fourth-order valence-corrected chi connectivity index (χ4v) is 5.15. The molecule has 0 saturated carbocycles. The van der Waals surface area contributed by atoms with Crippen molar-refractivity contribution in [1.29, 1.82) is 0 Å². The van der Waals surface area contributed by atoms with Crippen LogP contribution in [0.1, 0.15) is 17.7 Å². The van der Waals surface area contributed by atoms with Crippen molar-refractivity contribution in [2.45, 2.75) is 22.0 Å². The number of fused-ring (bicyclic) bond motifs is 2. The number of piperazine rings is 1. The van der Waals surface area contributed by atoms with E-state index < -0.39 is 0 Å². The van der Waals surface area contributed by atoms with Gasteiger partial charge in [0.15, 0.2) is 0 Å². The number of para-hydroxylation sites is 1. The van der Waals surface area contributed by atoms with Gasteiger partial charge in [0, 0.05) is 41.2 Å². The number of likely N-dealkylation sites (N-methyl/N-ethyl adjacent to an activating group) is 1. The maximum absolute atomic E-state index is 3.59. The molecule has 1 fully saturated rings. The largest absolute Gasteiger partial charge is 0.354 e. The second-order valence-electron chi connectivity index (χ2n) is 6.46. The number of nitrogens with one attached hydrogen (secondary N) is 1. The van der Waals surface area contributed by atoms with Crippen LogP contribution in [-0.4, -0.2) is 42.4 Å². The number of anilines is 2. The van der Waals surface area contributed by atoms with Crippen LogP contribution < -0.4 is 5.32 Å². The Morgan fingerprint density at radius 1 is 1.00 bits per heavy atom. The van der Waals surface area contributed by atoms with E-state index in [2.05, 4.69) is 71.0 Å². The Morgan fingerprint density at radius 3 is 2.58 bits per heavy atom. The highest BCUT2D eigenvalue weighted by molar-refractivity contribution is 7.99. The average Bonchev–Trinajstić information content (AvgIpc) is 2.61. The molecule has 2 aromatic carbocycles. The topological polar surface area (TPSA) is 18.5 Å². The number of nitrogens with zero attached hydrogens (tertiary/aromatic N) is 2. The molecule has 2 aliphatic rings. The molecule has 24 heavy (non-hydrogen) atoms. The summed E-state index contributed by atoms with van der Waals surface area (Å²) in [5, 5.41) is 4.07. The molecule has 1 unspecified atom stereocenters. The Morgan fingerprint density at radius 2 is 1.75 bits per heavy atom. The van der Waals surface area contributed by atoms with Gasteiger partial charge in [-0.25, -0.2) is 4.31 Å². The molecular weight excluding hydrogens is 334 g/mol. The molecule has 126 valence electrons. The van der Waals surface area contributed by atoms with Crippen LogP contribution in [0, 0.1) is 0 Å². The van der Waals surface area contributed by atoms with E-state index in [1.807, 2.05) is 23.7 Å². The third-order valence-electron chi connectivity index (χ3n) is 4.62. The molecule has 2 aromatic rings. The van der Waals surface area contributed by atoms with E-state index in [0.29, 0.717) is 5.25 Å². The van der Waals surface area contributed by atoms with Crippen LogP contribution >= 0.6 is 23.7 Å². The molecule has 0 aromatic heterocycles. The standard InChI is InChI=1S/C19H23N3S2/c1-14(24-22-11-9-21(2)10-12-22)15-7-8-19-17(13-15)20-16-5-3-4-6-18(16)23-19/h3-8,13-14,20H,9-12H2,1-2H3.